The van der Waals surface area contributed by atoms with Crippen molar-refractivity contribution in [2.45, 2.75) is 38.6 Å². The Morgan fingerprint density at radius 3 is 2.81 bits per heavy atom. The third-order valence-electron chi connectivity index (χ3n) is 3.28. The molecule has 1 saturated heterocycles. The minimum absolute atomic E-state index is 0.205. The molecule has 1 aromatic rings. The molecule has 16 heavy (non-hydrogen) atoms. The lowest BCUT2D eigenvalue weighted by atomic mass is 10.1. The van der Waals surface area contributed by atoms with Crippen molar-refractivity contribution in [2.75, 3.05) is 6.54 Å². The molecule has 0 spiro atoms. The van der Waals surface area contributed by atoms with Crippen molar-refractivity contribution in [3.8, 4) is 0 Å². The molecule has 1 aromatic carbocycles. The number of benzene rings is 1. The second-order valence-electron chi connectivity index (χ2n) is 4.45. The van der Waals surface area contributed by atoms with Crippen LogP contribution in [-0.4, -0.2) is 23.4 Å². The van der Waals surface area contributed by atoms with E-state index in [9.17, 15) is 4.79 Å². The van der Waals surface area contributed by atoms with Gasteiger partial charge in [0.15, 0.2) is 0 Å². The lowest BCUT2D eigenvalue weighted by molar-refractivity contribution is 0.0730. The zero-order valence-corrected chi connectivity index (χ0v) is 9.86. The van der Waals surface area contributed by atoms with E-state index in [1.165, 1.54) is 6.42 Å². The van der Waals surface area contributed by atoms with Gasteiger partial charge in [-0.1, -0.05) is 31.5 Å². The van der Waals surface area contributed by atoms with Gasteiger partial charge in [0.05, 0.1) is 0 Å². The van der Waals surface area contributed by atoms with E-state index in [1.807, 2.05) is 30.3 Å². The predicted molar refractivity (Wildman–Crippen MR) is 65.4 cm³/mol. The molecule has 1 aliphatic heterocycles. The predicted octanol–water partition coefficient (Wildman–Crippen LogP) is 3.09. The summed E-state index contributed by atoms with van der Waals surface area (Å²) < 4.78 is 0. The molecular weight excluding hydrogens is 198 g/mol. The first kappa shape index (κ1) is 11.2. The van der Waals surface area contributed by atoms with Gasteiger partial charge in [-0.25, -0.2) is 0 Å². The Labute approximate surface area is 97.3 Å². The minimum Gasteiger partial charge on any atom is -0.336 e. The summed E-state index contributed by atoms with van der Waals surface area (Å²) in [7, 11) is 0. The van der Waals surface area contributed by atoms with Crippen LogP contribution < -0.4 is 0 Å². The SMILES string of the molecule is CCC[C@@H]1CCCN1C(=O)c1ccccc1. The Morgan fingerprint density at radius 2 is 2.12 bits per heavy atom. The number of amides is 1. The highest BCUT2D eigenvalue weighted by Gasteiger charge is 2.28. The van der Waals surface area contributed by atoms with Crippen molar-refractivity contribution >= 4 is 5.91 Å². The first-order valence-electron chi connectivity index (χ1n) is 6.19. The van der Waals surface area contributed by atoms with E-state index in [4.69, 9.17) is 0 Å². The molecule has 2 nitrogen and oxygen atoms in total. The monoisotopic (exact) mass is 217 g/mol. The van der Waals surface area contributed by atoms with Crippen molar-refractivity contribution in [2.24, 2.45) is 0 Å². The fourth-order valence-electron chi connectivity index (χ4n) is 2.48. The zero-order valence-electron chi connectivity index (χ0n) is 9.86. The van der Waals surface area contributed by atoms with Crippen LogP contribution in [0.2, 0.25) is 0 Å². The summed E-state index contributed by atoms with van der Waals surface area (Å²) >= 11 is 0. The Balaban J connectivity index is 2.09. The van der Waals surface area contributed by atoms with Gasteiger partial charge in [-0.2, -0.15) is 0 Å². The lowest BCUT2D eigenvalue weighted by Gasteiger charge is -2.24. The van der Waals surface area contributed by atoms with Gasteiger partial charge in [0.25, 0.3) is 5.91 Å². The Bertz CT molecular complexity index is 347. The van der Waals surface area contributed by atoms with Gasteiger partial charge in [0, 0.05) is 18.2 Å². The van der Waals surface area contributed by atoms with Crippen LogP contribution in [0.15, 0.2) is 30.3 Å². The standard InChI is InChI=1S/C14H19NO/c1-2-7-13-10-6-11-15(13)14(16)12-8-4-3-5-9-12/h3-5,8-9,13H,2,6-7,10-11H2,1H3/t13-/m1/s1. The molecule has 0 aliphatic carbocycles. The quantitative estimate of drug-likeness (QED) is 0.762. The van der Waals surface area contributed by atoms with Crippen LogP contribution in [0.4, 0.5) is 0 Å². The number of hydrogen-bond donors (Lipinski definition) is 0. The number of hydrogen-bond acceptors (Lipinski definition) is 1. The van der Waals surface area contributed by atoms with Gasteiger partial charge in [-0.05, 0) is 31.4 Å². The summed E-state index contributed by atoms with van der Waals surface area (Å²) in [6, 6.07) is 10.1. The van der Waals surface area contributed by atoms with Crippen LogP contribution in [0.5, 0.6) is 0 Å². The second-order valence-corrected chi connectivity index (χ2v) is 4.45. The molecular formula is C14H19NO. The lowest BCUT2D eigenvalue weighted by Crippen LogP contribution is -2.35. The number of rotatable bonds is 3. The van der Waals surface area contributed by atoms with Gasteiger partial charge >= 0.3 is 0 Å². The fourth-order valence-corrected chi connectivity index (χ4v) is 2.48. The molecule has 2 heteroatoms. The molecule has 1 heterocycles. The molecule has 1 amide bonds. The molecule has 0 unspecified atom stereocenters. The van der Waals surface area contributed by atoms with E-state index in [2.05, 4.69) is 11.8 Å². The van der Waals surface area contributed by atoms with Crippen LogP contribution >= 0.6 is 0 Å². The van der Waals surface area contributed by atoms with Crippen LogP contribution in [0.3, 0.4) is 0 Å². The number of carbonyl (C=O) groups excluding carboxylic acids is 1. The Hall–Kier alpha value is -1.31. The molecule has 0 bridgehead atoms. The van der Waals surface area contributed by atoms with E-state index in [1.54, 1.807) is 0 Å². The van der Waals surface area contributed by atoms with E-state index in [0.29, 0.717) is 6.04 Å². The van der Waals surface area contributed by atoms with Gasteiger partial charge in [0.1, 0.15) is 0 Å². The van der Waals surface area contributed by atoms with Crippen molar-refractivity contribution in [1.82, 2.24) is 4.90 Å². The molecule has 1 atom stereocenters. The summed E-state index contributed by atoms with van der Waals surface area (Å²) in [5, 5.41) is 0. The van der Waals surface area contributed by atoms with E-state index < -0.39 is 0 Å². The first-order valence-corrected chi connectivity index (χ1v) is 6.19. The number of likely N-dealkylation sites (tertiary alicyclic amines) is 1. The fraction of sp³-hybridized carbons (Fsp3) is 0.500. The normalized spacial score (nSPS) is 20.1. The third-order valence-corrected chi connectivity index (χ3v) is 3.28. The van der Waals surface area contributed by atoms with E-state index >= 15 is 0 Å². The van der Waals surface area contributed by atoms with E-state index in [-0.39, 0.29) is 5.91 Å². The molecule has 2 rings (SSSR count). The summed E-state index contributed by atoms with van der Waals surface area (Å²) in [4.78, 5) is 14.3. The maximum absolute atomic E-state index is 12.3. The average molecular weight is 217 g/mol. The highest BCUT2D eigenvalue weighted by atomic mass is 16.2. The molecule has 0 radical (unpaired) electrons. The topological polar surface area (TPSA) is 20.3 Å². The van der Waals surface area contributed by atoms with Gasteiger partial charge in [0.2, 0.25) is 0 Å². The number of nitrogens with zero attached hydrogens (tertiary/aromatic N) is 1. The summed E-state index contributed by atoms with van der Waals surface area (Å²) in [5.74, 6) is 0.205. The van der Waals surface area contributed by atoms with Crippen LogP contribution in [-0.2, 0) is 0 Å². The molecule has 86 valence electrons. The van der Waals surface area contributed by atoms with Crippen LogP contribution in [0.1, 0.15) is 43.0 Å². The summed E-state index contributed by atoms with van der Waals surface area (Å²) in [6.45, 7) is 3.11. The zero-order chi connectivity index (χ0) is 11.4. The van der Waals surface area contributed by atoms with Crippen molar-refractivity contribution in [3.63, 3.8) is 0 Å². The molecule has 1 aliphatic rings. The molecule has 0 aromatic heterocycles. The largest absolute Gasteiger partial charge is 0.336 e. The van der Waals surface area contributed by atoms with Crippen molar-refractivity contribution in [3.05, 3.63) is 35.9 Å². The summed E-state index contributed by atoms with van der Waals surface area (Å²) in [6.07, 6.45) is 4.62. The molecule has 0 saturated carbocycles. The number of carbonyl (C=O) groups is 1. The van der Waals surface area contributed by atoms with Gasteiger partial charge in [-0.15, -0.1) is 0 Å². The van der Waals surface area contributed by atoms with Crippen molar-refractivity contribution in [1.29, 1.82) is 0 Å². The van der Waals surface area contributed by atoms with Gasteiger partial charge < -0.3 is 4.90 Å². The highest BCUT2D eigenvalue weighted by Crippen LogP contribution is 2.23. The first-order chi connectivity index (χ1) is 7.83. The summed E-state index contributed by atoms with van der Waals surface area (Å²) in [5.41, 5.74) is 0.825. The van der Waals surface area contributed by atoms with Crippen molar-refractivity contribution < 1.29 is 4.79 Å². The van der Waals surface area contributed by atoms with E-state index in [0.717, 1.165) is 31.4 Å². The average Bonchev–Trinajstić information content (AvgIpc) is 2.78. The van der Waals surface area contributed by atoms with Crippen LogP contribution in [0.25, 0.3) is 0 Å². The highest BCUT2D eigenvalue weighted by molar-refractivity contribution is 5.94. The smallest absolute Gasteiger partial charge is 0.254 e. The maximum Gasteiger partial charge on any atom is 0.254 e. The molecule has 0 N–H and O–H groups in total. The minimum atomic E-state index is 0.205. The Morgan fingerprint density at radius 1 is 1.38 bits per heavy atom. The molecule has 1 fully saturated rings. The maximum atomic E-state index is 12.3. The third kappa shape index (κ3) is 2.26. The van der Waals surface area contributed by atoms with Crippen LogP contribution in [0, 0.1) is 0 Å². The van der Waals surface area contributed by atoms with Gasteiger partial charge in [-0.3, -0.25) is 4.79 Å². The Kier molecular flexibility index (Phi) is 3.60. The second kappa shape index (κ2) is 5.15.